The molecule has 6 unspecified atom stereocenters. The number of hydrogen-bond donors (Lipinski definition) is 0. The molecular formula is C85H78BN5. The van der Waals surface area contributed by atoms with Crippen LogP contribution in [0.15, 0.2) is 241 Å². The second-order valence-corrected chi connectivity index (χ2v) is 27.7. The number of nitriles is 1. The van der Waals surface area contributed by atoms with E-state index < -0.39 is 0 Å². The van der Waals surface area contributed by atoms with Gasteiger partial charge in [-0.25, -0.2) is 0 Å². The molecule has 0 fully saturated rings. The molecule has 4 heterocycles. The van der Waals surface area contributed by atoms with E-state index >= 15 is 0 Å². The van der Waals surface area contributed by atoms with Crippen LogP contribution in [0, 0.1) is 35.0 Å². The van der Waals surface area contributed by atoms with Crippen molar-refractivity contribution >= 4 is 89.5 Å². The maximum absolute atomic E-state index is 10.4. The molecule has 0 radical (unpaired) electrons. The maximum atomic E-state index is 10.4. The number of nitrogens with zero attached hydrogens (tertiary/aromatic N) is 5. The van der Waals surface area contributed by atoms with E-state index in [0.717, 1.165) is 69.8 Å². The zero-order valence-electron chi connectivity index (χ0n) is 52.3. The fourth-order valence-corrected chi connectivity index (χ4v) is 18.9. The molecule has 18 rings (SSSR count). The van der Waals surface area contributed by atoms with Crippen LogP contribution in [0.25, 0.3) is 66.1 Å². The zero-order chi connectivity index (χ0) is 60.1. The van der Waals surface area contributed by atoms with Crippen molar-refractivity contribution in [2.75, 3.05) is 9.80 Å². The second-order valence-electron chi connectivity index (χ2n) is 27.7. The number of allylic oxidation sites excluding steroid dienone is 8. The van der Waals surface area contributed by atoms with Gasteiger partial charge in [0.15, 0.2) is 0 Å². The summed E-state index contributed by atoms with van der Waals surface area (Å²) < 4.78 is 5.13. The SMILES string of the molecule is N#Cc1ccc(-c2cc3c4c(c2)N(C2C(C5CC=CCC5)=CCCC2C2=CCCCC2)c2cc(-n5c6ccccc6c6ccccc65)ccc2B4c2ccc(-n4c5ccccc5c5ccccc54)cc2N3C2C(C3CC=CCC3)=CCCC2C2=CCCCC2)cc1. The molecule has 10 aromatic rings. The summed E-state index contributed by atoms with van der Waals surface area (Å²) in [6.45, 7) is -0.0705. The van der Waals surface area contributed by atoms with Gasteiger partial charge in [-0.05, 0) is 239 Å². The summed E-state index contributed by atoms with van der Waals surface area (Å²) in [7, 11) is 0. The minimum Gasteiger partial charge on any atom is -0.334 e. The number of hydrogen-bond acceptors (Lipinski definition) is 3. The monoisotopic (exact) mass is 1180 g/mol. The predicted octanol–water partition coefficient (Wildman–Crippen LogP) is 20.0. The molecule has 2 aromatic heterocycles. The summed E-state index contributed by atoms with van der Waals surface area (Å²) in [5.41, 5.74) is 26.6. The molecule has 6 heteroatoms. The van der Waals surface area contributed by atoms with Crippen LogP contribution < -0.4 is 26.2 Å². The molecule has 6 aliphatic carbocycles. The van der Waals surface area contributed by atoms with Gasteiger partial charge in [0.2, 0.25) is 0 Å². The summed E-state index contributed by atoms with van der Waals surface area (Å²) in [5, 5.41) is 15.5. The van der Waals surface area contributed by atoms with Gasteiger partial charge in [-0.15, -0.1) is 0 Å². The van der Waals surface area contributed by atoms with Crippen molar-refractivity contribution in [1.82, 2.24) is 9.13 Å². The lowest BCUT2D eigenvalue weighted by atomic mass is 9.33. The van der Waals surface area contributed by atoms with E-state index in [1.54, 1.807) is 22.3 Å². The topological polar surface area (TPSA) is 40.1 Å². The Labute approximate surface area is 536 Å². The van der Waals surface area contributed by atoms with Gasteiger partial charge in [-0.1, -0.05) is 157 Å². The van der Waals surface area contributed by atoms with Crippen molar-refractivity contribution in [3.05, 3.63) is 246 Å². The number of aromatic nitrogens is 2. The third-order valence-electron chi connectivity index (χ3n) is 22.9. The maximum Gasteiger partial charge on any atom is 0.252 e. The molecule has 0 amide bonds. The molecule has 6 atom stereocenters. The van der Waals surface area contributed by atoms with Gasteiger partial charge in [-0.3, -0.25) is 0 Å². The average molecular weight is 1180 g/mol. The first kappa shape index (κ1) is 54.9. The highest BCUT2D eigenvalue weighted by atomic mass is 15.2. The Morgan fingerprint density at radius 2 is 0.846 bits per heavy atom. The largest absolute Gasteiger partial charge is 0.334 e. The lowest BCUT2D eigenvalue weighted by Gasteiger charge is -2.53. The van der Waals surface area contributed by atoms with Crippen LogP contribution in [-0.4, -0.2) is 27.9 Å². The van der Waals surface area contributed by atoms with Crippen LogP contribution in [0.1, 0.15) is 121 Å². The Balaban J connectivity index is 0.974. The van der Waals surface area contributed by atoms with Gasteiger partial charge in [-0.2, -0.15) is 5.26 Å². The zero-order valence-corrected chi connectivity index (χ0v) is 52.3. The number of fused-ring (bicyclic) bond motifs is 10. The molecule has 0 saturated carbocycles. The molecule has 446 valence electrons. The number of para-hydroxylation sites is 4. The molecule has 91 heavy (non-hydrogen) atoms. The van der Waals surface area contributed by atoms with E-state index in [1.165, 1.54) is 151 Å². The molecule has 0 saturated heterocycles. The molecule has 5 nitrogen and oxygen atoms in total. The molecule has 8 aromatic carbocycles. The van der Waals surface area contributed by atoms with E-state index in [1.807, 2.05) is 12.1 Å². The standard InChI is InChI=1S/C85H78BN5/c87-55-56-43-45-57(46-44-56)62-51-81-83-82(52-62)91(85-67(60-27-9-3-10-28-60)37-22-38-68(85)61-29-11-4-12-30-61)80-54-64(89-77-41-19-15-33-71(77)72-34-16-20-42-78(72)89)48-50-74(80)86(83)73-49-47-63(88-75-39-17-13-31-69(75)70-32-14-18-40-76(70)88)53-79(73)90(81)84-65(58-23-5-1-6-24-58)35-21-36-66(84)59-25-7-2-8-26-59/h1,3,5,9,13-20,25,29,31-35,37,39-54,58,60,66,68,84-85H,2,4,6-8,10-12,21-24,26-28,30,36,38H2. The van der Waals surface area contributed by atoms with Gasteiger partial charge in [0.25, 0.3) is 6.71 Å². The van der Waals surface area contributed by atoms with Crippen molar-refractivity contribution in [1.29, 1.82) is 5.26 Å². The van der Waals surface area contributed by atoms with Gasteiger partial charge in [0.05, 0.1) is 45.8 Å². The Morgan fingerprint density at radius 3 is 1.25 bits per heavy atom. The van der Waals surface area contributed by atoms with Gasteiger partial charge < -0.3 is 18.9 Å². The number of benzene rings is 8. The summed E-state index contributed by atoms with van der Waals surface area (Å²) in [6.07, 6.45) is 41.8. The molecular weight excluding hydrogens is 1100 g/mol. The van der Waals surface area contributed by atoms with Crippen LogP contribution in [0.4, 0.5) is 22.7 Å². The van der Waals surface area contributed by atoms with Crippen LogP contribution in [0.3, 0.4) is 0 Å². The van der Waals surface area contributed by atoms with Crippen LogP contribution in [0.2, 0.25) is 0 Å². The molecule has 8 aliphatic rings. The van der Waals surface area contributed by atoms with Gasteiger partial charge in [0, 0.05) is 67.5 Å². The molecule has 0 N–H and O–H groups in total. The smallest absolute Gasteiger partial charge is 0.252 e. The highest BCUT2D eigenvalue weighted by Crippen LogP contribution is 2.53. The number of anilines is 4. The predicted molar refractivity (Wildman–Crippen MR) is 382 cm³/mol. The Bertz CT molecular complexity index is 4440. The van der Waals surface area contributed by atoms with E-state index in [0.29, 0.717) is 29.2 Å². The van der Waals surface area contributed by atoms with E-state index in [-0.39, 0.29) is 18.8 Å². The summed E-state index contributed by atoms with van der Waals surface area (Å²) in [5.74, 6) is 1.64. The molecule has 0 bridgehead atoms. The Hall–Kier alpha value is -9.05. The lowest BCUT2D eigenvalue weighted by molar-refractivity contribution is 0.391. The van der Waals surface area contributed by atoms with Gasteiger partial charge >= 0.3 is 0 Å². The van der Waals surface area contributed by atoms with E-state index in [9.17, 15) is 5.26 Å². The Kier molecular flexibility index (Phi) is 13.7. The normalized spacial score (nSPS) is 22.9. The fraction of sp³-hybridized carbons (Fsp3) is 0.282. The van der Waals surface area contributed by atoms with Crippen molar-refractivity contribution in [3.63, 3.8) is 0 Å². The third kappa shape index (κ3) is 8.99. The Morgan fingerprint density at radius 1 is 0.396 bits per heavy atom. The van der Waals surface area contributed by atoms with Crippen molar-refractivity contribution in [3.8, 4) is 28.6 Å². The van der Waals surface area contributed by atoms with Crippen molar-refractivity contribution in [2.45, 2.75) is 128 Å². The van der Waals surface area contributed by atoms with Gasteiger partial charge in [0.1, 0.15) is 0 Å². The summed E-state index contributed by atoms with van der Waals surface area (Å²) in [6, 6.07) is 68.3. The average Bonchev–Trinajstić information content (AvgIpc) is 1.12. The minimum atomic E-state index is -0.0705. The number of rotatable bonds is 9. The van der Waals surface area contributed by atoms with Crippen molar-refractivity contribution < 1.29 is 0 Å². The summed E-state index contributed by atoms with van der Waals surface area (Å²) >= 11 is 0. The summed E-state index contributed by atoms with van der Waals surface area (Å²) in [4.78, 5) is 6.00. The van der Waals surface area contributed by atoms with Crippen LogP contribution >= 0.6 is 0 Å². The third-order valence-corrected chi connectivity index (χ3v) is 22.9. The highest BCUT2D eigenvalue weighted by Gasteiger charge is 2.51. The minimum absolute atomic E-state index is 0.0705. The van der Waals surface area contributed by atoms with E-state index in [2.05, 4.69) is 231 Å². The van der Waals surface area contributed by atoms with Crippen molar-refractivity contribution in [2.24, 2.45) is 23.7 Å². The lowest BCUT2D eigenvalue weighted by Crippen LogP contribution is -2.65. The first-order chi connectivity index (χ1) is 45.1. The highest BCUT2D eigenvalue weighted by molar-refractivity contribution is 7.00. The fourth-order valence-electron chi connectivity index (χ4n) is 18.9. The second kappa shape index (κ2) is 22.7. The van der Waals surface area contributed by atoms with Crippen LogP contribution in [0.5, 0.6) is 0 Å². The van der Waals surface area contributed by atoms with Crippen LogP contribution in [-0.2, 0) is 0 Å². The molecule has 2 aliphatic heterocycles. The quantitative estimate of drug-likeness (QED) is 0.107. The first-order valence-electron chi connectivity index (χ1n) is 34.7. The van der Waals surface area contributed by atoms with E-state index in [4.69, 9.17) is 0 Å². The first-order valence-corrected chi connectivity index (χ1v) is 34.7. The molecule has 0 spiro atoms.